The van der Waals surface area contributed by atoms with Crippen molar-refractivity contribution < 1.29 is 13.2 Å². The number of nitrogens with zero attached hydrogens (tertiary/aromatic N) is 1. The van der Waals surface area contributed by atoms with Crippen LogP contribution < -0.4 is 9.62 Å². The van der Waals surface area contributed by atoms with E-state index in [0.717, 1.165) is 5.56 Å². The molecule has 7 heteroatoms. The SMILES string of the molecule is CC(=O)N(CCNS(=O)(=O)CCCc1ccccc1)c1ccccc1Cl. The number of carbonyl (C=O) groups excluding carboxylic acids is 1. The lowest BCUT2D eigenvalue weighted by Gasteiger charge is -2.22. The zero-order valence-electron chi connectivity index (χ0n) is 14.7. The number of sulfonamides is 1. The van der Waals surface area contributed by atoms with Crippen LogP contribution in [0.2, 0.25) is 5.02 Å². The van der Waals surface area contributed by atoms with Crippen molar-refractivity contribution in [3.8, 4) is 0 Å². The van der Waals surface area contributed by atoms with Crippen LogP contribution in [-0.2, 0) is 21.2 Å². The number of hydrogen-bond acceptors (Lipinski definition) is 3. The zero-order chi connectivity index (χ0) is 19.0. The minimum absolute atomic E-state index is 0.0497. The van der Waals surface area contributed by atoms with Gasteiger partial charge in [-0.25, -0.2) is 13.1 Å². The third kappa shape index (κ3) is 6.44. The van der Waals surface area contributed by atoms with E-state index < -0.39 is 10.0 Å². The molecule has 2 aromatic rings. The molecular formula is C19H23ClN2O3S. The van der Waals surface area contributed by atoms with Gasteiger partial charge in [0, 0.05) is 20.0 Å². The van der Waals surface area contributed by atoms with E-state index in [1.54, 1.807) is 24.3 Å². The molecule has 0 unspecified atom stereocenters. The van der Waals surface area contributed by atoms with Gasteiger partial charge in [0.05, 0.1) is 16.5 Å². The van der Waals surface area contributed by atoms with Gasteiger partial charge in [-0.15, -0.1) is 0 Å². The number of benzene rings is 2. The molecule has 1 amide bonds. The van der Waals surface area contributed by atoms with Crippen molar-refractivity contribution >= 4 is 33.2 Å². The molecule has 0 saturated carbocycles. The van der Waals surface area contributed by atoms with Crippen LogP contribution >= 0.6 is 11.6 Å². The molecule has 1 N–H and O–H groups in total. The zero-order valence-corrected chi connectivity index (χ0v) is 16.3. The number of anilines is 1. The lowest BCUT2D eigenvalue weighted by molar-refractivity contribution is -0.116. The van der Waals surface area contributed by atoms with Crippen LogP contribution in [0.4, 0.5) is 5.69 Å². The summed E-state index contributed by atoms with van der Waals surface area (Å²) in [6.07, 6.45) is 1.25. The largest absolute Gasteiger partial charge is 0.310 e. The maximum atomic E-state index is 12.1. The van der Waals surface area contributed by atoms with Crippen LogP contribution in [0.3, 0.4) is 0 Å². The second-order valence-electron chi connectivity index (χ2n) is 5.92. The van der Waals surface area contributed by atoms with Crippen LogP contribution in [-0.4, -0.2) is 33.2 Å². The number of nitrogens with one attached hydrogen (secondary N) is 1. The van der Waals surface area contributed by atoms with Gasteiger partial charge in [-0.1, -0.05) is 54.1 Å². The molecule has 140 valence electrons. The monoisotopic (exact) mass is 394 g/mol. The predicted octanol–water partition coefficient (Wildman–Crippen LogP) is 3.25. The standard InChI is InChI=1S/C19H23ClN2O3S/c1-16(23)22(19-12-6-5-11-18(19)20)14-13-21-26(24,25)15-7-10-17-8-3-2-4-9-17/h2-6,8-9,11-12,21H,7,10,13-15H2,1H3. The fraction of sp³-hybridized carbons (Fsp3) is 0.316. The first kappa shape index (κ1) is 20.4. The Kier molecular flexibility index (Phi) is 7.63. The average Bonchev–Trinajstić information content (AvgIpc) is 2.60. The fourth-order valence-corrected chi connectivity index (χ4v) is 3.92. The Morgan fingerprint density at radius 3 is 2.38 bits per heavy atom. The third-order valence-electron chi connectivity index (χ3n) is 3.90. The Morgan fingerprint density at radius 2 is 1.73 bits per heavy atom. The Hall–Kier alpha value is -1.89. The molecule has 0 fully saturated rings. The highest BCUT2D eigenvalue weighted by Gasteiger charge is 2.16. The maximum Gasteiger partial charge on any atom is 0.223 e. The van der Waals surface area contributed by atoms with E-state index in [9.17, 15) is 13.2 Å². The summed E-state index contributed by atoms with van der Waals surface area (Å²) < 4.78 is 26.8. The van der Waals surface area contributed by atoms with Gasteiger partial charge in [-0.05, 0) is 30.5 Å². The summed E-state index contributed by atoms with van der Waals surface area (Å²) >= 11 is 6.13. The summed E-state index contributed by atoms with van der Waals surface area (Å²) in [4.78, 5) is 13.3. The number of carbonyl (C=O) groups is 1. The van der Waals surface area contributed by atoms with Crippen molar-refractivity contribution in [1.29, 1.82) is 0 Å². The first-order chi connectivity index (χ1) is 12.4. The number of rotatable bonds is 9. The van der Waals surface area contributed by atoms with Gasteiger partial charge in [-0.3, -0.25) is 4.79 Å². The molecule has 2 rings (SSSR count). The van der Waals surface area contributed by atoms with Crippen molar-refractivity contribution in [2.45, 2.75) is 19.8 Å². The Bertz CT molecular complexity index is 826. The molecule has 0 spiro atoms. The van der Waals surface area contributed by atoms with Crippen LogP contribution in [0.5, 0.6) is 0 Å². The van der Waals surface area contributed by atoms with Gasteiger partial charge in [0.15, 0.2) is 0 Å². The predicted molar refractivity (Wildman–Crippen MR) is 106 cm³/mol. The third-order valence-corrected chi connectivity index (χ3v) is 5.69. The summed E-state index contributed by atoms with van der Waals surface area (Å²) in [6, 6.07) is 16.8. The Labute approximate surface area is 160 Å². The van der Waals surface area contributed by atoms with Gasteiger partial charge >= 0.3 is 0 Å². The maximum absolute atomic E-state index is 12.1. The van der Waals surface area contributed by atoms with Crippen molar-refractivity contribution in [3.63, 3.8) is 0 Å². The van der Waals surface area contributed by atoms with Crippen molar-refractivity contribution in [1.82, 2.24) is 4.72 Å². The van der Waals surface area contributed by atoms with E-state index in [-0.39, 0.29) is 24.7 Å². The number of halogens is 1. The average molecular weight is 395 g/mol. The number of hydrogen-bond donors (Lipinski definition) is 1. The highest BCUT2D eigenvalue weighted by molar-refractivity contribution is 7.89. The number of aryl methyl sites for hydroxylation is 1. The summed E-state index contributed by atoms with van der Waals surface area (Å²) in [5.74, 6) is -0.144. The Balaban J connectivity index is 1.84. The fourth-order valence-electron chi connectivity index (χ4n) is 2.61. The van der Waals surface area contributed by atoms with E-state index >= 15 is 0 Å². The lowest BCUT2D eigenvalue weighted by atomic mass is 10.1. The van der Waals surface area contributed by atoms with Crippen molar-refractivity contribution in [3.05, 3.63) is 65.2 Å². The number of amides is 1. The smallest absolute Gasteiger partial charge is 0.223 e. The second kappa shape index (κ2) is 9.71. The molecule has 0 saturated heterocycles. The molecule has 0 aliphatic rings. The molecule has 26 heavy (non-hydrogen) atoms. The van der Waals surface area contributed by atoms with E-state index in [1.807, 2.05) is 30.3 Å². The normalized spacial score (nSPS) is 11.3. The van der Waals surface area contributed by atoms with E-state index in [2.05, 4.69) is 4.72 Å². The van der Waals surface area contributed by atoms with Gasteiger partial charge in [0.25, 0.3) is 0 Å². The van der Waals surface area contributed by atoms with Crippen LogP contribution in [0, 0.1) is 0 Å². The van der Waals surface area contributed by atoms with Crippen LogP contribution in [0.1, 0.15) is 18.9 Å². The second-order valence-corrected chi connectivity index (χ2v) is 8.26. The van der Waals surface area contributed by atoms with E-state index in [0.29, 0.717) is 23.6 Å². The topological polar surface area (TPSA) is 66.5 Å². The van der Waals surface area contributed by atoms with E-state index in [1.165, 1.54) is 11.8 Å². The highest BCUT2D eigenvalue weighted by Crippen LogP contribution is 2.24. The minimum Gasteiger partial charge on any atom is -0.310 e. The summed E-state index contributed by atoms with van der Waals surface area (Å²) in [6.45, 7) is 1.78. The molecule has 0 radical (unpaired) electrons. The van der Waals surface area contributed by atoms with Gasteiger partial charge in [-0.2, -0.15) is 0 Å². The van der Waals surface area contributed by atoms with Gasteiger partial charge in [0.1, 0.15) is 0 Å². The van der Waals surface area contributed by atoms with Crippen molar-refractivity contribution in [2.24, 2.45) is 0 Å². The van der Waals surface area contributed by atoms with Gasteiger partial charge in [0.2, 0.25) is 15.9 Å². The van der Waals surface area contributed by atoms with Gasteiger partial charge < -0.3 is 4.90 Å². The molecule has 0 heterocycles. The Morgan fingerprint density at radius 1 is 1.08 bits per heavy atom. The first-order valence-electron chi connectivity index (χ1n) is 8.43. The highest BCUT2D eigenvalue weighted by atomic mass is 35.5. The number of para-hydroxylation sites is 1. The van der Waals surface area contributed by atoms with Crippen LogP contribution in [0.25, 0.3) is 0 Å². The van der Waals surface area contributed by atoms with Crippen molar-refractivity contribution in [2.75, 3.05) is 23.7 Å². The molecular weight excluding hydrogens is 372 g/mol. The summed E-state index contributed by atoms with van der Waals surface area (Å²) in [7, 11) is -3.39. The molecule has 0 atom stereocenters. The van der Waals surface area contributed by atoms with Crippen LogP contribution in [0.15, 0.2) is 54.6 Å². The quantitative estimate of drug-likeness (QED) is 0.709. The lowest BCUT2D eigenvalue weighted by Crippen LogP contribution is -2.38. The molecule has 0 bridgehead atoms. The molecule has 2 aromatic carbocycles. The molecule has 0 aromatic heterocycles. The molecule has 0 aliphatic heterocycles. The molecule has 5 nitrogen and oxygen atoms in total. The van der Waals surface area contributed by atoms with E-state index in [4.69, 9.17) is 11.6 Å². The summed E-state index contributed by atoms with van der Waals surface area (Å²) in [5, 5.41) is 0.452. The summed E-state index contributed by atoms with van der Waals surface area (Å²) in [5.41, 5.74) is 1.69. The molecule has 0 aliphatic carbocycles. The first-order valence-corrected chi connectivity index (χ1v) is 10.5. The minimum atomic E-state index is -3.39.